The number of nitrogens with zero attached hydrogens (tertiary/aromatic N) is 2. The fraction of sp³-hybridized carbons (Fsp3) is 0.333. The Labute approximate surface area is 93.9 Å². The Bertz CT molecular complexity index is 497. The van der Waals surface area contributed by atoms with Crippen LogP contribution in [0.25, 0.3) is 11.5 Å². The molecular weight excluding hydrogens is 204 g/mol. The van der Waals surface area contributed by atoms with Gasteiger partial charge in [0.2, 0.25) is 0 Å². The van der Waals surface area contributed by atoms with Crippen molar-refractivity contribution in [1.82, 2.24) is 9.78 Å². The van der Waals surface area contributed by atoms with E-state index in [0.29, 0.717) is 17.0 Å². The summed E-state index contributed by atoms with van der Waals surface area (Å²) < 4.78 is 7.24. The van der Waals surface area contributed by atoms with E-state index in [4.69, 9.17) is 4.42 Å². The van der Waals surface area contributed by atoms with Crippen LogP contribution >= 0.6 is 0 Å². The van der Waals surface area contributed by atoms with Crippen molar-refractivity contribution in [3.63, 3.8) is 0 Å². The van der Waals surface area contributed by atoms with Crippen LogP contribution in [0.15, 0.2) is 22.7 Å². The molecule has 0 aliphatic rings. The fourth-order valence-corrected chi connectivity index (χ4v) is 1.62. The summed E-state index contributed by atoms with van der Waals surface area (Å²) in [7, 11) is 0. The first-order chi connectivity index (χ1) is 7.74. The molecule has 0 radical (unpaired) electrons. The van der Waals surface area contributed by atoms with Crippen molar-refractivity contribution >= 4 is 6.29 Å². The Kier molecular flexibility index (Phi) is 2.90. The minimum absolute atomic E-state index is 0.572. The molecule has 4 heteroatoms. The highest BCUT2D eigenvalue weighted by Gasteiger charge is 2.13. The monoisotopic (exact) mass is 218 g/mol. The first kappa shape index (κ1) is 10.7. The van der Waals surface area contributed by atoms with Gasteiger partial charge in [0.25, 0.3) is 0 Å². The lowest BCUT2D eigenvalue weighted by molar-refractivity contribution is 0.112. The molecule has 0 N–H and O–H groups in total. The topological polar surface area (TPSA) is 48.0 Å². The highest BCUT2D eigenvalue weighted by atomic mass is 16.3. The van der Waals surface area contributed by atoms with E-state index in [1.807, 2.05) is 19.1 Å². The SMILES string of the molecule is CCCn1cc(C=O)c(-c2ccc(C)o2)n1. The third-order valence-electron chi connectivity index (χ3n) is 2.34. The molecule has 0 saturated heterocycles. The number of aromatic nitrogens is 2. The van der Waals surface area contributed by atoms with E-state index in [1.165, 1.54) is 0 Å². The second-order valence-corrected chi connectivity index (χ2v) is 3.72. The first-order valence-corrected chi connectivity index (χ1v) is 5.34. The van der Waals surface area contributed by atoms with Crippen LogP contribution in [-0.4, -0.2) is 16.1 Å². The second kappa shape index (κ2) is 4.35. The maximum absolute atomic E-state index is 10.9. The molecule has 0 spiro atoms. The second-order valence-electron chi connectivity index (χ2n) is 3.72. The van der Waals surface area contributed by atoms with Gasteiger partial charge in [-0.1, -0.05) is 6.92 Å². The Morgan fingerprint density at radius 3 is 2.88 bits per heavy atom. The predicted octanol–water partition coefficient (Wildman–Crippen LogP) is 2.67. The summed E-state index contributed by atoms with van der Waals surface area (Å²) in [6.45, 7) is 4.74. The van der Waals surface area contributed by atoms with Crippen LogP contribution < -0.4 is 0 Å². The molecular formula is C12H14N2O2. The Hall–Kier alpha value is -1.84. The number of rotatable bonds is 4. The summed E-state index contributed by atoms with van der Waals surface area (Å²) >= 11 is 0. The lowest BCUT2D eigenvalue weighted by Crippen LogP contribution is -1.96. The highest BCUT2D eigenvalue weighted by Crippen LogP contribution is 2.23. The maximum Gasteiger partial charge on any atom is 0.155 e. The van der Waals surface area contributed by atoms with Crippen LogP contribution in [0.2, 0.25) is 0 Å². The van der Waals surface area contributed by atoms with Gasteiger partial charge < -0.3 is 4.42 Å². The van der Waals surface area contributed by atoms with Crippen LogP contribution in [0.4, 0.5) is 0 Å². The summed E-state index contributed by atoms with van der Waals surface area (Å²) in [5.41, 5.74) is 1.19. The summed E-state index contributed by atoms with van der Waals surface area (Å²) in [4.78, 5) is 10.9. The normalized spacial score (nSPS) is 10.6. The summed E-state index contributed by atoms with van der Waals surface area (Å²) in [6, 6.07) is 3.70. The summed E-state index contributed by atoms with van der Waals surface area (Å²) in [6.07, 6.45) is 3.55. The van der Waals surface area contributed by atoms with Crippen molar-refractivity contribution in [1.29, 1.82) is 0 Å². The average molecular weight is 218 g/mol. The zero-order valence-corrected chi connectivity index (χ0v) is 9.43. The lowest BCUT2D eigenvalue weighted by Gasteiger charge is -1.95. The van der Waals surface area contributed by atoms with Gasteiger partial charge in [-0.2, -0.15) is 5.10 Å². The number of carbonyl (C=O) groups excluding carboxylic acids is 1. The molecule has 2 heterocycles. The van der Waals surface area contributed by atoms with E-state index >= 15 is 0 Å². The van der Waals surface area contributed by atoms with Crippen LogP contribution in [-0.2, 0) is 6.54 Å². The van der Waals surface area contributed by atoms with Crippen molar-refractivity contribution in [3.05, 3.63) is 29.7 Å². The zero-order chi connectivity index (χ0) is 11.5. The van der Waals surface area contributed by atoms with E-state index in [0.717, 1.165) is 25.0 Å². The number of aldehydes is 1. The number of hydrogen-bond donors (Lipinski definition) is 0. The van der Waals surface area contributed by atoms with E-state index in [-0.39, 0.29) is 0 Å². The number of aryl methyl sites for hydroxylation is 2. The van der Waals surface area contributed by atoms with Crippen molar-refractivity contribution in [3.8, 4) is 11.5 Å². The number of furan rings is 1. The fourth-order valence-electron chi connectivity index (χ4n) is 1.62. The summed E-state index contributed by atoms with van der Waals surface area (Å²) in [5, 5.41) is 4.35. The van der Waals surface area contributed by atoms with E-state index in [9.17, 15) is 4.79 Å². The standard InChI is InChI=1S/C12H14N2O2/c1-3-6-14-7-10(8-15)12(13-14)11-5-4-9(2)16-11/h4-5,7-8H,3,6H2,1-2H3. The van der Waals surface area contributed by atoms with Crippen LogP contribution in [0.1, 0.15) is 29.5 Å². The molecule has 2 aromatic rings. The molecule has 0 unspecified atom stereocenters. The Morgan fingerprint density at radius 1 is 1.50 bits per heavy atom. The van der Waals surface area contributed by atoms with Crippen LogP contribution in [0, 0.1) is 6.92 Å². The molecule has 0 atom stereocenters. The van der Waals surface area contributed by atoms with Crippen LogP contribution in [0.5, 0.6) is 0 Å². The molecule has 2 rings (SSSR count). The zero-order valence-electron chi connectivity index (χ0n) is 9.43. The quantitative estimate of drug-likeness (QED) is 0.741. The Morgan fingerprint density at radius 2 is 2.31 bits per heavy atom. The molecule has 0 fully saturated rings. The smallest absolute Gasteiger partial charge is 0.155 e. The number of carbonyl (C=O) groups is 1. The van der Waals surface area contributed by atoms with Gasteiger partial charge in [-0.15, -0.1) is 0 Å². The molecule has 0 aromatic carbocycles. The van der Waals surface area contributed by atoms with Gasteiger partial charge in [-0.05, 0) is 25.5 Å². The maximum atomic E-state index is 10.9. The van der Waals surface area contributed by atoms with Crippen molar-refractivity contribution in [2.24, 2.45) is 0 Å². The van der Waals surface area contributed by atoms with Crippen LogP contribution in [0.3, 0.4) is 0 Å². The average Bonchev–Trinajstić information content (AvgIpc) is 2.84. The van der Waals surface area contributed by atoms with Crippen molar-refractivity contribution < 1.29 is 9.21 Å². The van der Waals surface area contributed by atoms with Gasteiger partial charge in [0, 0.05) is 12.7 Å². The minimum Gasteiger partial charge on any atom is -0.460 e. The van der Waals surface area contributed by atoms with Gasteiger partial charge in [0.15, 0.2) is 12.0 Å². The largest absolute Gasteiger partial charge is 0.460 e. The molecule has 0 saturated carbocycles. The third kappa shape index (κ3) is 1.91. The third-order valence-corrected chi connectivity index (χ3v) is 2.34. The predicted molar refractivity (Wildman–Crippen MR) is 60.3 cm³/mol. The molecule has 84 valence electrons. The first-order valence-electron chi connectivity index (χ1n) is 5.34. The molecule has 0 aliphatic carbocycles. The minimum atomic E-state index is 0.572. The molecule has 0 bridgehead atoms. The van der Waals surface area contributed by atoms with Gasteiger partial charge in [-0.3, -0.25) is 9.48 Å². The molecule has 16 heavy (non-hydrogen) atoms. The highest BCUT2D eigenvalue weighted by molar-refractivity contribution is 5.84. The molecule has 4 nitrogen and oxygen atoms in total. The van der Waals surface area contributed by atoms with Crippen molar-refractivity contribution in [2.45, 2.75) is 26.8 Å². The van der Waals surface area contributed by atoms with Gasteiger partial charge >= 0.3 is 0 Å². The Balaban J connectivity index is 2.42. The van der Waals surface area contributed by atoms with E-state index < -0.39 is 0 Å². The van der Waals surface area contributed by atoms with E-state index in [1.54, 1.807) is 10.9 Å². The van der Waals surface area contributed by atoms with Crippen molar-refractivity contribution in [2.75, 3.05) is 0 Å². The molecule has 0 amide bonds. The lowest BCUT2D eigenvalue weighted by atomic mass is 10.2. The van der Waals surface area contributed by atoms with Gasteiger partial charge in [0.1, 0.15) is 11.5 Å². The van der Waals surface area contributed by atoms with Gasteiger partial charge in [0.05, 0.1) is 5.56 Å². The van der Waals surface area contributed by atoms with Gasteiger partial charge in [-0.25, -0.2) is 0 Å². The molecule has 0 aliphatic heterocycles. The molecule has 2 aromatic heterocycles. The summed E-state index contributed by atoms with van der Waals surface area (Å²) in [5.74, 6) is 1.46. The number of hydrogen-bond acceptors (Lipinski definition) is 3. The van der Waals surface area contributed by atoms with E-state index in [2.05, 4.69) is 12.0 Å².